The van der Waals surface area contributed by atoms with E-state index in [4.69, 9.17) is 16.9 Å². The summed E-state index contributed by atoms with van der Waals surface area (Å²) in [5, 5.41) is 10.5. The second kappa shape index (κ2) is 6.86. The van der Waals surface area contributed by atoms with Gasteiger partial charge in [0.25, 0.3) is 5.91 Å². The number of primary amides is 2. The zero-order valence-electron chi connectivity index (χ0n) is 12.4. The summed E-state index contributed by atoms with van der Waals surface area (Å²) in [5.74, 6) is -1.68. The van der Waals surface area contributed by atoms with Gasteiger partial charge in [0, 0.05) is 18.3 Å². The quantitative estimate of drug-likeness (QED) is 0.486. The van der Waals surface area contributed by atoms with Crippen molar-refractivity contribution in [1.29, 1.82) is 5.41 Å². The first kappa shape index (κ1) is 16.4. The van der Waals surface area contributed by atoms with Crippen LogP contribution in [0.25, 0.3) is 0 Å². The maximum Gasteiger partial charge on any atom is 0.267 e. The Bertz CT molecular complexity index is 660. The lowest BCUT2D eigenvalue weighted by Crippen LogP contribution is -2.45. The molecule has 0 spiro atoms. The van der Waals surface area contributed by atoms with E-state index in [1.54, 1.807) is 0 Å². The molecule has 0 saturated carbocycles. The van der Waals surface area contributed by atoms with Gasteiger partial charge in [-0.3, -0.25) is 24.8 Å². The first-order chi connectivity index (χ1) is 10.9. The lowest BCUT2D eigenvalue weighted by molar-refractivity contribution is -0.135. The number of carbonyl (C=O) groups excluding carboxylic acids is 3. The fourth-order valence-corrected chi connectivity index (χ4v) is 2.52. The van der Waals surface area contributed by atoms with Crippen LogP contribution in [-0.2, 0) is 14.4 Å². The molecular formula is C14H18N6O3. The number of amides is 3. The van der Waals surface area contributed by atoms with Crippen molar-refractivity contribution in [2.45, 2.75) is 18.9 Å². The van der Waals surface area contributed by atoms with E-state index in [0.29, 0.717) is 18.7 Å². The third-order valence-corrected chi connectivity index (χ3v) is 3.67. The van der Waals surface area contributed by atoms with Crippen molar-refractivity contribution in [1.82, 2.24) is 9.88 Å². The zero-order chi connectivity index (χ0) is 17.0. The summed E-state index contributed by atoms with van der Waals surface area (Å²) < 4.78 is 0. The number of nitrogens with two attached hydrogens (primary N) is 2. The first-order valence-electron chi connectivity index (χ1n) is 7.07. The van der Waals surface area contributed by atoms with E-state index in [-0.39, 0.29) is 23.7 Å². The van der Waals surface area contributed by atoms with Gasteiger partial charge >= 0.3 is 0 Å². The number of carbonyl (C=O) groups is 3. The van der Waals surface area contributed by atoms with E-state index < -0.39 is 17.9 Å². The summed E-state index contributed by atoms with van der Waals surface area (Å²) in [6.45, 7) is 0.375. The number of nitrogens with zero attached hydrogens (tertiary/aromatic N) is 2. The van der Waals surface area contributed by atoms with Gasteiger partial charge in [-0.15, -0.1) is 0 Å². The predicted molar refractivity (Wildman–Crippen MR) is 82.7 cm³/mol. The Morgan fingerprint density at radius 3 is 2.78 bits per heavy atom. The van der Waals surface area contributed by atoms with Crippen LogP contribution in [0, 0.1) is 5.41 Å². The Hall–Kier alpha value is -2.97. The lowest BCUT2D eigenvalue weighted by atomic mass is 10.1. The van der Waals surface area contributed by atoms with Gasteiger partial charge in [0.2, 0.25) is 11.8 Å². The van der Waals surface area contributed by atoms with Crippen molar-refractivity contribution in [3.63, 3.8) is 0 Å². The molecular weight excluding hydrogens is 300 g/mol. The third kappa shape index (κ3) is 3.62. The van der Waals surface area contributed by atoms with Gasteiger partial charge in [0.05, 0.1) is 18.4 Å². The molecule has 23 heavy (non-hydrogen) atoms. The molecule has 122 valence electrons. The highest BCUT2D eigenvalue weighted by atomic mass is 16.2. The van der Waals surface area contributed by atoms with Crippen LogP contribution >= 0.6 is 0 Å². The van der Waals surface area contributed by atoms with Gasteiger partial charge in [0.15, 0.2) is 0 Å². The van der Waals surface area contributed by atoms with E-state index in [1.807, 2.05) is 0 Å². The van der Waals surface area contributed by atoms with E-state index in [1.165, 1.54) is 23.4 Å². The van der Waals surface area contributed by atoms with Crippen LogP contribution < -0.4 is 16.8 Å². The molecule has 1 aromatic rings. The van der Waals surface area contributed by atoms with Crippen LogP contribution in [0.4, 0.5) is 5.69 Å². The van der Waals surface area contributed by atoms with Crippen LogP contribution in [0.1, 0.15) is 18.4 Å². The molecule has 2 heterocycles. The van der Waals surface area contributed by atoms with Gasteiger partial charge in [-0.2, -0.15) is 0 Å². The van der Waals surface area contributed by atoms with Crippen molar-refractivity contribution >= 4 is 29.1 Å². The molecule has 1 aliphatic heterocycles. The van der Waals surface area contributed by atoms with Gasteiger partial charge in [0.1, 0.15) is 11.8 Å². The molecule has 1 aliphatic rings. The maximum absolute atomic E-state index is 12.2. The molecule has 0 bridgehead atoms. The minimum absolute atomic E-state index is 0.103. The molecule has 6 N–H and O–H groups in total. The Morgan fingerprint density at radius 2 is 2.13 bits per heavy atom. The van der Waals surface area contributed by atoms with Crippen LogP contribution in [0.2, 0.25) is 0 Å². The van der Waals surface area contributed by atoms with Crippen LogP contribution in [0.5, 0.6) is 0 Å². The summed E-state index contributed by atoms with van der Waals surface area (Å²) >= 11 is 0. The standard InChI is InChI=1S/C14H18N6O3/c15-12(14(17)23)8-3-4-18-6-9(8)19-7-11(21)20-5-1-2-10(20)13(16)22/h3-4,6,10,15,19H,1-2,5,7H2,(H2,16,22)(H2,17,23). The zero-order valence-corrected chi connectivity index (χ0v) is 12.4. The minimum Gasteiger partial charge on any atom is -0.374 e. The van der Waals surface area contributed by atoms with Crippen LogP contribution in [0.15, 0.2) is 18.5 Å². The Kier molecular flexibility index (Phi) is 4.89. The Balaban J connectivity index is 2.07. The van der Waals surface area contributed by atoms with Gasteiger partial charge in [-0.05, 0) is 18.9 Å². The van der Waals surface area contributed by atoms with Crippen molar-refractivity contribution in [2.75, 3.05) is 18.4 Å². The Labute approximate surface area is 132 Å². The summed E-state index contributed by atoms with van der Waals surface area (Å²) in [7, 11) is 0. The molecule has 1 saturated heterocycles. The molecule has 9 nitrogen and oxygen atoms in total. The number of pyridine rings is 1. The third-order valence-electron chi connectivity index (χ3n) is 3.67. The summed E-state index contributed by atoms with van der Waals surface area (Å²) in [6, 6.07) is 0.878. The average Bonchev–Trinajstić information content (AvgIpc) is 3.02. The second-order valence-electron chi connectivity index (χ2n) is 5.16. The number of rotatable bonds is 6. The molecule has 9 heteroatoms. The fourth-order valence-electron chi connectivity index (χ4n) is 2.52. The van der Waals surface area contributed by atoms with E-state index in [2.05, 4.69) is 10.3 Å². The van der Waals surface area contributed by atoms with Gasteiger partial charge in [-0.1, -0.05) is 0 Å². The molecule has 3 amide bonds. The Morgan fingerprint density at radius 1 is 1.39 bits per heavy atom. The molecule has 1 unspecified atom stereocenters. The van der Waals surface area contributed by atoms with E-state index in [9.17, 15) is 14.4 Å². The average molecular weight is 318 g/mol. The normalized spacial score (nSPS) is 16.9. The second-order valence-corrected chi connectivity index (χ2v) is 5.16. The number of hydrogen-bond donors (Lipinski definition) is 4. The number of hydrogen-bond acceptors (Lipinski definition) is 6. The highest BCUT2D eigenvalue weighted by molar-refractivity contribution is 6.44. The minimum atomic E-state index is -0.876. The molecule has 0 aromatic carbocycles. The highest BCUT2D eigenvalue weighted by Gasteiger charge is 2.32. The monoisotopic (exact) mass is 318 g/mol. The van der Waals surface area contributed by atoms with Gasteiger partial charge < -0.3 is 21.7 Å². The summed E-state index contributed by atoms with van der Waals surface area (Å²) in [5.41, 5.74) is 10.6. The maximum atomic E-state index is 12.2. The molecule has 2 rings (SSSR count). The highest BCUT2D eigenvalue weighted by Crippen LogP contribution is 2.18. The van der Waals surface area contributed by atoms with Crippen LogP contribution in [-0.4, -0.2) is 52.4 Å². The number of anilines is 1. The van der Waals surface area contributed by atoms with Crippen molar-refractivity contribution in [3.05, 3.63) is 24.0 Å². The molecule has 1 fully saturated rings. The summed E-state index contributed by atoms with van der Waals surface area (Å²) in [4.78, 5) is 40.0. The smallest absolute Gasteiger partial charge is 0.267 e. The molecule has 0 aliphatic carbocycles. The molecule has 1 atom stereocenters. The summed E-state index contributed by atoms with van der Waals surface area (Å²) in [6.07, 6.45) is 4.11. The van der Waals surface area contributed by atoms with Crippen molar-refractivity contribution in [2.24, 2.45) is 11.5 Å². The number of nitrogens with one attached hydrogen (secondary N) is 2. The largest absolute Gasteiger partial charge is 0.374 e. The fraction of sp³-hybridized carbons (Fsp3) is 0.357. The molecule has 0 radical (unpaired) electrons. The van der Waals surface area contributed by atoms with E-state index >= 15 is 0 Å². The van der Waals surface area contributed by atoms with Gasteiger partial charge in [-0.25, -0.2) is 0 Å². The van der Waals surface area contributed by atoms with E-state index in [0.717, 1.165) is 6.42 Å². The number of aromatic nitrogens is 1. The lowest BCUT2D eigenvalue weighted by Gasteiger charge is -2.22. The SMILES string of the molecule is N=C(C(N)=O)c1ccncc1NCC(=O)N1CCCC1C(N)=O. The molecule has 1 aromatic heterocycles. The first-order valence-corrected chi connectivity index (χ1v) is 7.07. The topological polar surface area (TPSA) is 155 Å². The van der Waals surface area contributed by atoms with Crippen molar-refractivity contribution in [3.8, 4) is 0 Å². The number of likely N-dealkylation sites (tertiary alicyclic amines) is 1. The van der Waals surface area contributed by atoms with Crippen molar-refractivity contribution < 1.29 is 14.4 Å². The predicted octanol–water partition coefficient (Wildman–Crippen LogP) is -1.18. The van der Waals surface area contributed by atoms with Crippen LogP contribution in [0.3, 0.4) is 0 Å².